The van der Waals surface area contributed by atoms with Gasteiger partial charge in [-0.1, -0.05) is 58.0 Å². The van der Waals surface area contributed by atoms with Gasteiger partial charge in [-0.05, 0) is 43.5 Å². The van der Waals surface area contributed by atoms with E-state index < -0.39 is 0 Å². The Morgan fingerprint density at radius 3 is 2.41 bits per heavy atom. The Balaban J connectivity index is 0.000000495. The van der Waals surface area contributed by atoms with Gasteiger partial charge in [0, 0.05) is 41.1 Å². The molecule has 1 aliphatic rings. The lowest BCUT2D eigenvalue weighted by atomic mass is 10.0. The van der Waals surface area contributed by atoms with E-state index >= 15 is 0 Å². The van der Waals surface area contributed by atoms with Crippen LogP contribution >= 0.6 is 0 Å². The second-order valence-corrected chi connectivity index (χ2v) is 6.75. The Labute approximate surface area is 163 Å². The molecule has 0 fully saturated rings. The standard InChI is InChI=1S/C21H20N2.2C2H6/c1-14-7-8-17-15(2)20-18-6-3-5-16-9-12-22(21(16)18)10-4-11-23(20)19(17)13-14;2*1-2/h3,5-9,12-13H,4,10-11H2,1-2H3;2*1-2H3. The van der Waals surface area contributed by atoms with Crippen LogP contribution in [0, 0.1) is 13.8 Å². The molecular formula is C25H32N2. The van der Waals surface area contributed by atoms with Crippen molar-refractivity contribution in [3.63, 3.8) is 0 Å². The highest BCUT2D eigenvalue weighted by atomic mass is 15.0. The monoisotopic (exact) mass is 360 g/mol. The molecule has 5 rings (SSSR count). The Morgan fingerprint density at radius 1 is 0.852 bits per heavy atom. The molecule has 2 aromatic carbocycles. The first-order valence-corrected chi connectivity index (χ1v) is 10.4. The molecule has 142 valence electrons. The molecule has 0 atom stereocenters. The summed E-state index contributed by atoms with van der Waals surface area (Å²) in [6.07, 6.45) is 3.41. The zero-order valence-electron chi connectivity index (χ0n) is 17.6. The normalized spacial score (nSPS) is 12.4. The van der Waals surface area contributed by atoms with Crippen LogP contribution in [0.2, 0.25) is 0 Å². The minimum Gasteiger partial charge on any atom is -0.347 e. The lowest BCUT2D eigenvalue weighted by Crippen LogP contribution is -2.09. The van der Waals surface area contributed by atoms with Crippen molar-refractivity contribution in [2.24, 2.45) is 0 Å². The lowest BCUT2D eigenvalue weighted by molar-refractivity contribution is 0.581. The molecule has 0 N–H and O–H groups in total. The second-order valence-electron chi connectivity index (χ2n) is 6.75. The molecule has 0 bridgehead atoms. The van der Waals surface area contributed by atoms with Crippen LogP contribution in [0.4, 0.5) is 0 Å². The molecule has 3 heterocycles. The number of rotatable bonds is 0. The van der Waals surface area contributed by atoms with Gasteiger partial charge < -0.3 is 9.13 Å². The van der Waals surface area contributed by atoms with E-state index in [1.807, 2.05) is 27.7 Å². The quantitative estimate of drug-likeness (QED) is 0.310. The largest absolute Gasteiger partial charge is 0.347 e. The highest BCUT2D eigenvalue weighted by Crippen LogP contribution is 2.38. The molecule has 0 unspecified atom stereocenters. The number of aromatic nitrogens is 2. The molecule has 0 amide bonds. The lowest BCUT2D eigenvalue weighted by Gasteiger charge is -2.18. The van der Waals surface area contributed by atoms with Crippen LogP contribution in [-0.2, 0) is 13.1 Å². The average Bonchev–Trinajstić information content (AvgIpc) is 3.22. The van der Waals surface area contributed by atoms with Crippen molar-refractivity contribution in [2.45, 2.75) is 61.1 Å². The van der Waals surface area contributed by atoms with Gasteiger partial charge in [0.1, 0.15) is 0 Å². The molecule has 4 aromatic rings. The number of hydrogen-bond donors (Lipinski definition) is 0. The molecule has 0 saturated carbocycles. The minimum absolute atomic E-state index is 1.08. The Bertz CT molecular complexity index is 1060. The van der Waals surface area contributed by atoms with Crippen molar-refractivity contribution in [3.8, 4) is 11.3 Å². The first-order chi connectivity index (χ1) is 13.2. The van der Waals surface area contributed by atoms with Crippen LogP contribution in [0.15, 0.2) is 48.7 Å². The minimum atomic E-state index is 1.08. The van der Waals surface area contributed by atoms with Gasteiger partial charge >= 0.3 is 0 Å². The molecule has 0 radical (unpaired) electrons. The molecule has 2 nitrogen and oxygen atoms in total. The van der Waals surface area contributed by atoms with E-state index in [2.05, 4.69) is 71.6 Å². The van der Waals surface area contributed by atoms with Gasteiger partial charge in [-0.15, -0.1) is 0 Å². The smallest absolute Gasteiger partial charge is 0.0575 e. The summed E-state index contributed by atoms with van der Waals surface area (Å²) >= 11 is 0. The number of aryl methyl sites for hydroxylation is 4. The fourth-order valence-corrected chi connectivity index (χ4v) is 4.25. The van der Waals surface area contributed by atoms with Crippen LogP contribution in [0.1, 0.15) is 45.2 Å². The summed E-state index contributed by atoms with van der Waals surface area (Å²) in [7, 11) is 0. The van der Waals surface area contributed by atoms with Gasteiger partial charge in [0.15, 0.2) is 0 Å². The van der Waals surface area contributed by atoms with Crippen LogP contribution in [-0.4, -0.2) is 9.13 Å². The fourth-order valence-electron chi connectivity index (χ4n) is 4.25. The number of hydrogen-bond acceptors (Lipinski definition) is 0. The van der Waals surface area contributed by atoms with Crippen molar-refractivity contribution < 1.29 is 0 Å². The molecule has 1 aliphatic heterocycles. The molecule has 2 heteroatoms. The van der Waals surface area contributed by atoms with Gasteiger partial charge in [0.2, 0.25) is 0 Å². The van der Waals surface area contributed by atoms with E-state index in [9.17, 15) is 0 Å². The number of nitrogens with zero attached hydrogens (tertiary/aromatic N) is 2. The topological polar surface area (TPSA) is 9.86 Å². The van der Waals surface area contributed by atoms with Crippen LogP contribution in [0.3, 0.4) is 0 Å². The van der Waals surface area contributed by atoms with Crippen LogP contribution < -0.4 is 0 Å². The first kappa shape index (κ1) is 19.3. The third-order valence-electron chi connectivity index (χ3n) is 5.30. The predicted octanol–water partition coefficient (Wildman–Crippen LogP) is 7.34. The fraction of sp³-hybridized carbons (Fsp3) is 0.360. The summed E-state index contributed by atoms with van der Waals surface area (Å²) in [5, 5.41) is 2.74. The van der Waals surface area contributed by atoms with Crippen LogP contribution in [0.25, 0.3) is 33.1 Å². The molecule has 0 spiro atoms. The molecule has 2 aromatic heterocycles. The predicted molar refractivity (Wildman–Crippen MR) is 120 cm³/mol. The van der Waals surface area contributed by atoms with E-state index in [0.717, 1.165) is 13.1 Å². The summed E-state index contributed by atoms with van der Waals surface area (Å²) in [5.74, 6) is 0. The van der Waals surface area contributed by atoms with Crippen molar-refractivity contribution in [1.29, 1.82) is 0 Å². The summed E-state index contributed by atoms with van der Waals surface area (Å²) in [6.45, 7) is 14.6. The van der Waals surface area contributed by atoms with Gasteiger partial charge in [0.25, 0.3) is 0 Å². The Morgan fingerprint density at radius 2 is 1.63 bits per heavy atom. The molecule has 27 heavy (non-hydrogen) atoms. The second kappa shape index (κ2) is 8.04. The summed E-state index contributed by atoms with van der Waals surface area (Å²) < 4.78 is 4.97. The van der Waals surface area contributed by atoms with E-state index in [-0.39, 0.29) is 0 Å². The first-order valence-electron chi connectivity index (χ1n) is 10.4. The molecular weight excluding hydrogens is 328 g/mol. The number of fused-ring (bicyclic) bond motifs is 4. The zero-order valence-corrected chi connectivity index (χ0v) is 17.6. The van der Waals surface area contributed by atoms with E-state index in [0.29, 0.717) is 0 Å². The van der Waals surface area contributed by atoms with Crippen molar-refractivity contribution in [3.05, 3.63) is 59.8 Å². The Kier molecular flexibility index (Phi) is 5.74. The number of benzene rings is 2. The zero-order chi connectivity index (χ0) is 19.6. The van der Waals surface area contributed by atoms with Crippen LogP contribution in [0.5, 0.6) is 0 Å². The third kappa shape index (κ3) is 3.07. The number of para-hydroxylation sites is 1. The van der Waals surface area contributed by atoms with Gasteiger partial charge in [0.05, 0.1) is 11.2 Å². The summed E-state index contributed by atoms with van der Waals surface area (Å²) in [6, 6.07) is 15.8. The third-order valence-corrected chi connectivity index (χ3v) is 5.30. The van der Waals surface area contributed by atoms with Gasteiger partial charge in [-0.2, -0.15) is 0 Å². The Hall–Kier alpha value is -2.48. The molecule has 0 saturated heterocycles. The van der Waals surface area contributed by atoms with E-state index in [1.165, 1.54) is 50.6 Å². The highest BCUT2D eigenvalue weighted by molar-refractivity contribution is 6.00. The van der Waals surface area contributed by atoms with Crippen molar-refractivity contribution in [2.75, 3.05) is 0 Å². The van der Waals surface area contributed by atoms with E-state index in [4.69, 9.17) is 0 Å². The van der Waals surface area contributed by atoms with Crippen molar-refractivity contribution in [1.82, 2.24) is 9.13 Å². The maximum absolute atomic E-state index is 2.54. The van der Waals surface area contributed by atoms with Gasteiger partial charge in [-0.3, -0.25) is 0 Å². The van der Waals surface area contributed by atoms with Crippen molar-refractivity contribution >= 4 is 21.8 Å². The van der Waals surface area contributed by atoms with E-state index in [1.54, 1.807) is 0 Å². The summed E-state index contributed by atoms with van der Waals surface area (Å²) in [4.78, 5) is 0. The SMILES string of the molecule is CC.CC.Cc1ccc2c(C)c3n(c2c1)CCCn1ccc2cccc-3c21. The van der Waals surface area contributed by atoms with Gasteiger partial charge in [-0.25, -0.2) is 0 Å². The maximum Gasteiger partial charge on any atom is 0.0575 e. The highest BCUT2D eigenvalue weighted by Gasteiger charge is 2.20. The maximum atomic E-state index is 2.54. The molecule has 0 aliphatic carbocycles. The average molecular weight is 361 g/mol. The summed E-state index contributed by atoms with van der Waals surface area (Å²) in [5.41, 5.74) is 8.28.